The minimum atomic E-state index is -4.33. The summed E-state index contributed by atoms with van der Waals surface area (Å²) in [5.41, 5.74) is 0. The van der Waals surface area contributed by atoms with Gasteiger partial charge in [0.2, 0.25) is 0 Å². The number of nitrogens with zero attached hydrogens (tertiary/aromatic N) is 1. The number of phosphoric acid groups is 1. The van der Waals surface area contributed by atoms with Gasteiger partial charge in [-0.3, -0.25) is 4.52 Å². The lowest BCUT2D eigenvalue weighted by Gasteiger charge is -2.37. The van der Waals surface area contributed by atoms with E-state index in [1.165, 1.54) is 97.0 Å². The average molecular weight is 539 g/mol. The van der Waals surface area contributed by atoms with E-state index in [0.717, 1.165) is 12.8 Å². The monoisotopic (exact) mass is 538 g/mol. The van der Waals surface area contributed by atoms with Crippen molar-refractivity contribution in [3.63, 3.8) is 0 Å². The first kappa shape index (κ1) is 34.0. The fraction of sp³-hybridized carbons (Fsp3) is 1.00. The number of quaternary nitrogens is 1. The molecular weight excluding hydrogens is 481 g/mol. The van der Waals surface area contributed by atoms with Gasteiger partial charge in [0.1, 0.15) is 18.8 Å². The van der Waals surface area contributed by atoms with E-state index in [-0.39, 0.29) is 6.10 Å². The van der Waals surface area contributed by atoms with Gasteiger partial charge in [-0.25, -0.2) is 9.45 Å². The summed E-state index contributed by atoms with van der Waals surface area (Å²) in [4.78, 5) is 14.2. The van der Waals surface area contributed by atoms with E-state index >= 15 is 0 Å². The number of phosphoric ester groups is 1. The second kappa shape index (κ2) is 19.9. The lowest BCUT2D eigenvalue weighted by atomic mass is 10.0. The highest BCUT2D eigenvalue weighted by atomic mass is 31.2. The lowest BCUT2D eigenvalue weighted by Crippen LogP contribution is -2.51. The topological polar surface area (TPSA) is 83.5 Å². The van der Waals surface area contributed by atoms with Crippen LogP contribution in [0.15, 0.2) is 0 Å². The average Bonchev–Trinajstić information content (AvgIpc) is 2.80. The minimum Gasteiger partial charge on any atom is -0.373 e. The van der Waals surface area contributed by atoms with E-state index in [0.29, 0.717) is 24.2 Å². The second-order valence-electron chi connectivity index (χ2n) is 11.4. The molecule has 216 valence electrons. The van der Waals surface area contributed by atoms with Crippen LogP contribution >= 0.6 is 7.82 Å². The van der Waals surface area contributed by atoms with E-state index < -0.39 is 20.0 Å². The SMILES string of the molecule is CCCCCCCCCCCCCCCCC[C@@H]1CO[C@H](C(C[N+](C)(C)C)OP(=O)(O)OOC)CO1. The molecule has 1 aliphatic heterocycles. The fourth-order valence-electron chi connectivity index (χ4n) is 4.72. The maximum Gasteiger partial charge on any atom is 0.500 e. The Kier molecular flexibility index (Phi) is 18.8. The van der Waals surface area contributed by atoms with Crippen molar-refractivity contribution in [2.45, 2.75) is 128 Å². The summed E-state index contributed by atoms with van der Waals surface area (Å²) in [5, 5.41) is 0. The van der Waals surface area contributed by atoms with E-state index in [4.69, 9.17) is 14.0 Å². The molecule has 0 aliphatic carbocycles. The Labute approximate surface area is 221 Å². The van der Waals surface area contributed by atoms with Gasteiger partial charge >= 0.3 is 7.82 Å². The predicted octanol–water partition coefficient (Wildman–Crippen LogP) is 6.80. The molecule has 0 bridgehead atoms. The standard InChI is InChI=1S/C27H56NO7P/c1-6-7-8-9-10-11-12-13-14-15-16-17-18-19-20-21-25-23-33-27(24-32-25)26(22-28(2,3)4)34-36(29,30)35-31-5/h25-27H,6-24H2,1-5H3/p+1/t25-,26?,27+/m1/s1. The van der Waals surface area contributed by atoms with E-state index in [1.54, 1.807) is 0 Å². The Morgan fingerprint density at radius 3 is 1.75 bits per heavy atom. The zero-order valence-electron chi connectivity index (χ0n) is 24.0. The van der Waals surface area contributed by atoms with Crippen LogP contribution in [0.5, 0.6) is 0 Å². The third-order valence-corrected chi connectivity index (χ3v) is 7.58. The normalized spacial score (nSPS) is 21.4. The van der Waals surface area contributed by atoms with Crippen molar-refractivity contribution in [3.05, 3.63) is 0 Å². The molecule has 0 saturated carbocycles. The second-order valence-corrected chi connectivity index (χ2v) is 12.7. The van der Waals surface area contributed by atoms with Gasteiger partial charge in [-0.15, -0.1) is 4.67 Å². The number of ether oxygens (including phenoxy) is 2. The molecular formula is C27H57NO7P+. The summed E-state index contributed by atoms with van der Waals surface area (Å²) in [6.07, 6.45) is 20.4. The van der Waals surface area contributed by atoms with Gasteiger partial charge in [0, 0.05) is 0 Å². The highest BCUT2D eigenvalue weighted by Crippen LogP contribution is 2.45. The molecule has 9 heteroatoms. The van der Waals surface area contributed by atoms with Crippen LogP contribution in [0.3, 0.4) is 0 Å². The molecule has 4 atom stereocenters. The number of hydrogen-bond acceptors (Lipinski definition) is 6. The van der Waals surface area contributed by atoms with Crippen LogP contribution in [-0.4, -0.2) is 75.7 Å². The summed E-state index contributed by atoms with van der Waals surface area (Å²) in [5.74, 6) is 0. The highest BCUT2D eigenvalue weighted by Gasteiger charge is 2.39. The van der Waals surface area contributed by atoms with Crippen molar-refractivity contribution in [2.75, 3.05) is 48.0 Å². The maximum atomic E-state index is 12.1. The molecule has 1 N–H and O–H groups in total. The molecule has 36 heavy (non-hydrogen) atoms. The van der Waals surface area contributed by atoms with Crippen LogP contribution in [-0.2, 0) is 28.1 Å². The molecule has 1 heterocycles. The smallest absolute Gasteiger partial charge is 0.373 e. The first-order valence-corrected chi connectivity index (χ1v) is 15.9. The van der Waals surface area contributed by atoms with Crippen LogP contribution in [0, 0.1) is 0 Å². The molecule has 1 saturated heterocycles. The van der Waals surface area contributed by atoms with Gasteiger partial charge in [0.15, 0.2) is 0 Å². The van der Waals surface area contributed by atoms with Crippen molar-refractivity contribution in [2.24, 2.45) is 0 Å². The molecule has 1 aliphatic rings. The van der Waals surface area contributed by atoms with Gasteiger partial charge in [-0.2, -0.15) is 0 Å². The molecule has 0 aromatic carbocycles. The summed E-state index contributed by atoms with van der Waals surface area (Å²) in [6, 6.07) is 0. The minimum absolute atomic E-state index is 0.0733. The van der Waals surface area contributed by atoms with Crippen molar-refractivity contribution in [1.82, 2.24) is 0 Å². The van der Waals surface area contributed by atoms with Gasteiger partial charge in [-0.05, 0) is 6.42 Å². The zero-order chi connectivity index (χ0) is 26.7. The van der Waals surface area contributed by atoms with Gasteiger partial charge in [-0.1, -0.05) is 103 Å². The van der Waals surface area contributed by atoms with Crippen molar-refractivity contribution >= 4 is 7.82 Å². The first-order valence-electron chi connectivity index (χ1n) is 14.4. The Bertz CT molecular complexity index is 565. The molecule has 2 unspecified atom stereocenters. The Morgan fingerprint density at radius 1 is 0.833 bits per heavy atom. The zero-order valence-corrected chi connectivity index (χ0v) is 24.9. The molecule has 0 radical (unpaired) electrons. The molecule has 0 amide bonds. The van der Waals surface area contributed by atoms with Crippen LogP contribution in [0.4, 0.5) is 0 Å². The molecule has 0 aromatic heterocycles. The number of hydrogen-bond donors (Lipinski definition) is 1. The number of rotatable bonds is 23. The Morgan fingerprint density at radius 2 is 1.33 bits per heavy atom. The Hall–Kier alpha value is -0.0500. The van der Waals surface area contributed by atoms with Crippen LogP contribution in [0.2, 0.25) is 0 Å². The van der Waals surface area contributed by atoms with Crippen molar-refractivity contribution in [3.8, 4) is 0 Å². The Balaban J connectivity index is 2.09. The number of likely N-dealkylation sites (N-methyl/N-ethyl adjacent to an activating group) is 1. The predicted molar refractivity (Wildman–Crippen MR) is 145 cm³/mol. The summed E-state index contributed by atoms with van der Waals surface area (Å²) >= 11 is 0. The maximum absolute atomic E-state index is 12.1. The quantitative estimate of drug-likeness (QED) is 0.0503. The van der Waals surface area contributed by atoms with Gasteiger partial charge in [0.05, 0.1) is 47.6 Å². The summed E-state index contributed by atoms with van der Waals surface area (Å²) in [6.45, 7) is 3.55. The van der Waals surface area contributed by atoms with E-state index in [9.17, 15) is 9.46 Å². The van der Waals surface area contributed by atoms with Crippen LogP contribution in [0.25, 0.3) is 0 Å². The third-order valence-electron chi connectivity index (χ3n) is 6.70. The number of unbranched alkanes of at least 4 members (excludes halogenated alkanes) is 14. The van der Waals surface area contributed by atoms with Crippen molar-refractivity contribution in [1.29, 1.82) is 0 Å². The first-order chi connectivity index (χ1) is 17.2. The summed E-state index contributed by atoms with van der Waals surface area (Å²) < 4.78 is 34.4. The lowest BCUT2D eigenvalue weighted by molar-refractivity contribution is -0.873. The highest BCUT2D eigenvalue weighted by molar-refractivity contribution is 7.47. The molecule has 0 spiro atoms. The molecule has 8 nitrogen and oxygen atoms in total. The van der Waals surface area contributed by atoms with Crippen LogP contribution in [0.1, 0.15) is 110 Å². The van der Waals surface area contributed by atoms with E-state index in [2.05, 4.69) is 16.5 Å². The van der Waals surface area contributed by atoms with Crippen LogP contribution < -0.4 is 0 Å². The summed E-state index contributed by atoms with van der Waals surface area (Å²) in [7, 11) is 2.79. The van der Waals surface area contributed by atoms with Crippen molar-refractivity contribution < 1.29 is 37.5 Å². The molecule has 1 rings (SSSR count). The molecule has 0 aromatic rings. The largest absolute Gasteiger partial charge is 0.500 e. The van der Waals surface area contributed by atoms with Gasteiger partial charge in [0.25, 0.3) is 0 Å². The van der Waals surface area contributed by atoms with E-state index in [1.807, 2.05) is 21.1 Å². The third kappa shape index (κ3) is 18.2. The molecule has 1 fully saturated rings. The van der Waals surface area contributed by atoms with Gasteiger partial charge < -0.3 is 18.9 Å². The fourth-order valence-corrected chi connectivity index (χ4v) is 5.49.